The van der Waals surface area contributed by atoms with Crippen molar-refractivity contribution in [3.8, 4) is 0 Å². The van der Waals surface area contributed by atoms with Gasteiger partial charge in [0.2, 0.25) is 0 Å². The summed E-state index contributed by atoms with van der Waals surface area (Å²) in [5.74, 6) is 1.28. The van der Waals surface area contributed by atoms with Gasteiger partial charge in [-0.1, -0.05) is 6.07 Å². The van der Waals surface area contributed by atoms with Crippen molar-refractivity contribution in [2.24, 2.45) is 0 Å². The summed E-state index contributed by atoms with van der Waals surface area (Å²) in [6.07, 6.45) is 5.04. The Labute approximate surface area is 112 Å². The number of pyridine rings is 1. The lowest BCUT2D eigenvalue weighted by atomic mass is 10.3. The van der Waals surface area contributed by atoms with Crippen LogP contribution in [0.3, 0.4) is 0 Å². The summed E-state index contributed by atoms with van der Waals surface area (Å²) >= 11 is 0. The van der Waals surface area contributed by atoms with Crippen LogP contribution in [0.15, 0.2) is 30.9 Å². The monoisotopic (exact) mass is 258 g/mol. The SMILES string of the molecule is CC(C)Nc1ncnc(NCc2cccnc2)c1N. The summed E-state index contributed by atoms with van der Waals surface area (Å²) in [7, 11) is 0. The molecule has 6 heteroatoms. The van der Waals surface area contributed by atoms with E-state index in [1.165, 1.54) is 6.33 Å². The standard InChI is InChI=1S/C13H18N6/c1-9(2)19-13-11(14)12(17-8-18-13)16-7-10-4-3-5-15-6-10/h3-6,8-9H,7,14H2,1-2H3,(H2,16,17,18,19). The molecule has 0 aromatic carbocycles. The van der Waals surface area contributed by atoms with Crippen molar-refractivity contribution < 1.29 is 0 Å². The third-order valence-corrected chi connectivity index (χ3v) is 2.49. The van der Waals surface area contributed by atoms with E-state index in [2.05, 4.69) is 25.6 Å². The lowest BCUT2D eigenvalue weighted by Gasteiger charge is -2.14. The van der Waals surface area contributed by atoms with E-state index in [0.29, 0.717) is 23.9 Å². The maximum Gasteiger partial charge on any atom is 0.155 e. The van der Waals surface area contributed by atoms with Crippen LogP contribution in [0.4, 0.5) is 17.3 Å². The second-order valence-electron chi connectivity index (χ2n) is 4.50. The summed E-state index contributed by atoms with van der Waals surface area (Å²) in [5, 5.41) is 6.37. The van der Waals surface area contributed by atoms with E-state index < -0.39 is 0 Å². The molecule has 0 amide bonds. The zero-order valence-electron chi connectivity index (χ0n) is 11.1. The van der Waals surface area contributed by atoms with Gasteiger partial charge in [0.15, 0.2) is 11.6 Å². The highest BCUT2D eigenvalue weighted by Gasteiger charge is 2.08. The van der Waals surface area contributed by atoms with E-state index in [4.69, 9.17) is 5.73 Å². The second kappa shape index (κ2) is 5.99. The molecular weight excluding hydrogens is 240 g/mol. The quantitative estimate of drug-likeness (QED) is 0.759. The smallest absolute Gasteiger partial charge is 0.155 e. The van der Waals surface area contributed by atoms with E-state index in [1.54, 1.807) is 12.4 Å². The molecule has 0 spiro atoms. The van der Waals surface area contributed by atoms with Crippen LogP contribution >= 0.6 is 0 Å². The van der Waals surface area contributed by atoms with Gasteiger partial charge in [0, 0.05) is 25.0 Å². The van der Waals surface area contributed by atoms with Gasteiger partial charge in [0.05, 0.1) is 0 Å². The normalized spacial score (nSPS) is 10.5. The van der Waals surface area contributed by atoms with Crippen LogP contribution in [0.5, 0.6) is 0 Å². The Hall–Kier alpha value is -2.37. The molecule has 0 aliphatic rings. The fourth-order valence-electron chi connectivity index (χ4n) is 1.61. The molecule has 6 nitrogen and oxygen atoms in total. The molecule has 4 N–H and O–H groups in total. The van der Waals surface area contributed by atoms with E-state index in [9.17, 15) is 0 Å². The third-order valence-electron chi connectivity index (χ3n) is 2.49. The van der Waals surface area contributed by atoms with Crippen LogP contribution in [0, 0.1) is 0 Å². The molecule has 0 fully saturated rings. The molecule has 0 atom stereocenters. The molecule has 0 saturated heterocycles. The number of nitrogens with two attached hydrogens (primary N) is 1. The van der Waals surface area contributed by atoms with Crippen LogP contribution in [-0.2, 0) is 6.54 Å². The number of aromatic nitrogens is 3. The maximum atomic E-state index is 6.03. The lowest BCUT2D eigenvalue weighted by Crippen LogP contribution is -2.14. The summed E-state index contributed by atoms with van der Waals surface area (Å²) in [5.41, 5.74) is 7.63. The van der Waals surface area contributed by atoms with Gasteiger partial charge in [-0.05, 0) is 25.5 Å². The first kappa shape index (κ1) is 13.1. The van der Waals surface area contributed by atoms with E-state index in [0.717, 1.165) is 5.56 Å². The molecular formula is C13H18N6. The van der Waals surface area contributed by atoms with Gasteiger partial charge in [-0.2, -0.15) is 0 Å². The molecule has 0 unspecified atom stereocenters. The minimum atomic E-state index is 0.267. The molecule has 100 valence electrons. The highest BCUT2D eigenvalue weighted by atomic mass is 15.1. The van der Waals surface area contributed by atoms with Crippen LogP contribution in [0.2, 0.25) is 0 Å². The summed E-state index contributed by atoms with van der Waals surface area (Å²) in [4.78, 5) is 12.3. The fraction of sp³-hybridized carbons (Fsp3) is 0.308. The molecule has 0 radical (unpaired) electrons. The minimum absolute atomic E-state index is 0.267. The Kier molecular flexibility index (Phi) is 4.12. The van der Waals surface area contributed by atoms with Crippen LogP contribution < -0.4 is 16.4 Å². The largest absolute Gasteiger partial charge is 0.393 e. The first-order chi connectivity index (χ1) is 9.16. The predicted octanol–water partition coefficient (Wildman–Crippen LogP) is 1.89. The van der Waals surface area contributed by atoms with E-state index >= 15 is 0 Å². The van der Waals surface area contributed by atoms with Crippen molar-refractivity contribution in [2.75, 3.05) is 16.4 Å². The molecule has 0 saturated carbocycles. The van der Waals surface area contributed by atoms with Crippen molar-refractivity contribution in [3.05, 3.63) is 36.4 Å². The van der Waals surface area contributed by atoms with Crippen molar-refractivity contribution in [1.82, 2.24) is 15.0 Å². The van der Waals surface area contributed by atoms with Crippen LogP contribution in [0.1, 0.15) is 19.4 Å². The highest BCUT2D eigenvalue weighted by molar-refractivity contribution is 5.74. The van der Waals surface area contributed by atoms with Gasteiger partial charge >= 0.3 is 0 Å². The number of hydrogen-bond donors (Lipinski definition) is 3. The Balaban J connectivity index is 2.08. The molecule has 0 bridgehead atoms. The number of rotatable bonds is 5. The average molecular weight is 258 g/mol. The van der Waals surface area contributed by atoms with E-state index in [-0.39, 0.29) is 6.04 Å². The topological polar surface area (TPSA) is 88.8 Å². The summed E-state index contributed by atoms with van der Waals surface area (Å²) in [6, 6.07) is 4.15. The van der Waals surface area contributed by atoms with Crippen LogP contribution in [0.25, 0.3) is 0 Å². The van der Waals surface area contributed by atoms with Crippen molar-refractivity contribution in [1.29, 1.82) is 0 Å². The fourth-order valence-corrected chi connectivity index (χ4v) is 1.61. The Morgan fingerprint density at radius 2 is 2.05 bits per heavy atom. The molecule has 2 heterocycles. The van der Waals surface area contributed by atoms with Gasteiger partial charge in [-0.3, -0.25) is 4.98 Å². The Bertz CT molecular complexity index is 526. The molecule has 19 heavy (non-hydrogen) atoms. The van der Waals surface area contributed by atoms with Gasteiger partial charge in [-0.25, -0.2) is 9.97 Å². The third kappa shape index (κ3) is 3.54. The van der Waals surface area contributed by atoms with Gasteiger partial charge in [0.1, 0.15) is 12.0 Å². The maximum absolute atomic E-state index is 6.03. The zero-order chi connectivity index (χ0) is 13.7. The number of hydrogen-bond acceptors (Lipinski definition) is 6. The lowest BCUT2D eigenvalue weighted by molar-refractivity contribution is 0.887. The van der Waals surface area contributed by atoms with Gasteiger partial charge in [-0.15, -0.1) is 0 Å². The van der Waals surface area contributed by atoms with Crippen molar-refractivity contribution in [3.63, 3.8) is 0 Å². The highest BCUT2D eigenvalue weighted by Crippen LogP contribution is 2.23. The van der Waals surface area contributed by atoms with Crippen LogP contribution in [-0.4, -0.2) is 21.0 Å². The molecule has 0 aliphatic carbocycles. The van der Waals surface area contributed by atoms with E-state index in [1.807, 2.05) is 26.0 Å². The number of anilines is 3. The Morgan fingerprint density at radius 1 is 1.26 bits per heavy atom. The average Bonchev–Trinajstić information content (AvgIpc) is 2.40. The molecule has 2 rings (SSSR count). The number of nitrogens with zero attached hydrogens (tertiary/aromatic N) is 3. The zero-order valence-corrected chi connectivity index (χ0v) is 11.1. The van der Waals surface area contributed by atoms with Crippen molar-refractivity contribution >= 4 is 17.3 Å². The van der Waals surface area contributed by atoms with Gasteiger partial charge in [0.25, 0.3) is 0 Å². The molecule has 0 aliphatic heterocycles. The first-order valence-electron chi connectivity index (χ1n) is 6.16. The molecule has 2 aromatic heterocycles. The first-order valence-corrected chi connectivity index (χ1v) is 6.16. The second-order valence-corrected chi connectivity index (χ2v) is 4.50. The van der Waals surface area contributed by atoms with Gasteiger partial charge < -0.3 is 16.4 Å². The predicted molar refractivity (Wildman–Crippen MR) is 76.8 cm³/mol. The molecule has 2 aromatic rings. The number of nitrogens with one attached hydrogen (secondary N) is 2. The Morgan fingerprint density at radius 3 is 2.74 bits per heavy atom. The summed E-state index contributed by atoms with van der Waals surface area (Å²) < 4.78 is 0. The minimum Gasteiger partial charge on any atom is -0.393 e. The number of nitrogen functional groups attached to an aromatic ring is 1. The summed E-state index contributed by atoms with van der Waals surface area (Å²) in [6.45, 7) is 4.69. The van der Waals surface area contributed by atoms with Crippen molar-refractivity contribution in [2.45, 2.75) is 26.4 Å².